The molecule has 0 saturated carbocycles. The maximum atomic E-state index is 12.9. The molecular formula is C15H15FN2O2. The Morgan fingerprint density at radius 1 is 1.25 bits per heavy atom. The molecule has 1 aromatic heterocycles. The van der Waals surface area contributed by atoms with Gasteiger partial charge in [-0.1, -0.05) is 6.92 Å². The highest BCUT2D eigenvalue weighted by atomic mass is 19.1. The normalized spacial score (nSPS) is 14.1. The van der Waals surface area contributed by atoms with Crippen molar-refractivity contribution in [2.75, 3.05) is 12.1 Å². The summed E-state index contributed by atoms with van der Waals surface area (Å²) in [6.45, 7) is 2.31. The summed E-state index contributed by atoms with van der Waals surface area (Å²) in [5, 5.41) is 3.37. The van der Waals surface area contributed by atoms with Gasteiger partial charge in [-0.2, -0.15) is 0 Å². The Balaban J connectivity index is 1.79. The predicted molar refractivity (Wildman–Crippen MR) is 73.4 cm³/mol. The van der Waals surface area contributed by atoms with Crippen molar-refractivity contribution in [1.29, 1.82) is 0 Å². The lowest BCUT2D eigenvalue weighted by atomic mass is 10.1. The molecule has 1 atom stereocenters. The van der Waals surface area contributed by atoms with Crippen LogP contribution in [0.1, 0.15) is 25.1 Å². The summed E-state index contributed by atoms with van der Waals surface area (Å²) in [6.07, 6.45) is 2.08. The van der Waals surface area contributed by atoms with E-state index in [-0.39, 0.29) is 18.7 Å². The summed E-state index contributed by atoms with van der Waals surface area (Å²) in [6, 6.07) is 8.84. The van der Waals surface area contributed by atoms with Gasteiger partial charge in [-0.3, -0.25) is 4.98 Å². The molecule has 0 spiro atoms. The largest absolute Gasteiger partial charge is 0.454 e. The summed E-state index contributed by atoms with van der Waals surface area (Å²) in [4.78, 5) is 4.12. The Morgan fingerprint density at radius 3 is 2.85 bits per heavy atom. The molecule has 5 heteroatoms. The zero-order valence-corrected chi connectivity index (χ0v) is 11.1. The van der Waals surface area contributed by atoms with Crippen molar-refractivity contribution in [3.63, 3.8) is 0 Å². The third kappa shape index (κ3) is 2.52. The van der Waals surface area contributed by atoms with Crippen LogP contribution in [0.4, 0.5) is 10.1 Å². The van der Waals surface area contributed by atoms with Crippen LogP contribution in [0.15, 0.2) is 36.5 Å². The predicted octanol–water partition coefficient (Wildman–Crippen LogP) is 3.51. The summed E-state index contributed by atoms with van der Waals surface area (Å²) in [5.74, 6) is 1.16. The van der Waals surface area contributed by atoms with Crippen molar-refractivity contribution < 1.29 is 13.9 Å². The summed E-state index contributed by atoms with van der Waals surface area (Å²) >= 11 is 0. The Kier molecular flexibility index (Phi) is 3.41. The molecule has 0 radical (unpaired) electrons. The molecule has 0 bridgehead atoms. The molecular weight excluding hydrogens is 259 g/mol. The van der Waals surface area contributed by atoms with E-state index in [1.165, 1.54) is 12.3 Å². The lowest BCUT2D eigenvalue weighted by Gasteiger charge is -2.18. The van der Waals surface area contributed by atoms with Gasteiger partial charge in [-0.05, 0) is 30.7 Å². The number of halogens is 1. The maximum Gasteiger partial charge on any atom is 0.231 e. The zero-order chi connectivity index (χ0) is 13.9. The molecule has 1 aliphatic rings. The smallest absolute Gasteiger partial charge is 0.231 e. The molecule has 0 amide bonds. The van der Waals surface area contributed by atoms with Gasteiger partial charge in [-0.25, -0.2) is 4.39 Å². The van der Waals surface area contributed by atoms with Gasteiger partial charge in [0.05, 0.1) is 17.9 Å². The highest BCUT2D eigenvalue weighted by molar-refractivity contribution is 5.56. The van der Waals surface area contributed by atoms with Crippen molar-refractivity contribution in [2.24, 2.45) is 0 Å². The monoisotopic (exact) mass is 274 g/mol. The van der Waals surface area contributed by atoms with Gasteiger partial charge in [0.25, 0.3) is 0 Å². The van der Waals surface area contributed by atoms with Crippen LogP contribution in [0.2, 0.25) is 0 Å². The fourth-order valence-electron chi connectivity index (χ4n) is 2.17. The van der Waals surface area contributed by atoms with Gasteiger partial charge in [0, 0.05) is 11.8 Å². The SMILES string of the molecule is CCC(Nc1ccc2c(c1)OCO2)c1ccc(F)cn1. The van der Waals surface area contributed by atoms with E-state index in [0.29, 0.717) is 0 Å². The first kappa shape index (κ1) is 12.7. The van der Waals surface area contributed by atoms with Crippen molar-refractivity contribution in [2.45, 2.75) is 19.4 Å². The van der Waals surface area contributed by atoms with E-state index in [9.17, 15) is 4.39 Å². The van der Waals surface area contributed by atoms with Crippen LogP contribution in [0, 0.1) is 5.82 Å². The van der Waals surface area contributed by atoms with Gasteiger partial charge < -0.3 is 14.8 Å². The number of nitrogens with zero attached hydrogens (tertiary/aromatic N) is 1. The van der Waals surface area contributed by atoms with Crippen LogP contribution in [0.25, 0.3) is 0 Å². The zero-order valence-electron chi connectivity index (χ0n) is 11.1. The van der Waals surface area contributed by atoms with Crippen LogP contribution < -0.4 is 14.8 Å². The topological polar surface area (TPSA) is 43.4 Å². The fraction of sp³-hybridized carbons (Fsp3) is 0.267. The minimum Gasteiger partial charge on any atom is -0.454 e. The molecule has 0 fully saturated rings. The Hall–Kier alpha value is -2.30. The molecule has 0 aliphatic carbocycles. The Morgan fingerprint density at radius 2 is 2.10 bits per heavy atom. The number of anilines is 1. The van der Waals surface area contributed by atoms with E-state index in [1.54, 1.807) is 6.07 Å². The highest BCUT2D eigenvalue weighted by Crippen LogP contribution is 2.35. The minimum absolute atomic E-state index is 0.0240. The van der Waals surface area contributed by atoms with Crippen molar-refractivity contribution in [3.8, 4) is 11.5 Å². The lowest BCUT2D eigenvalue weighted by Crippen LogP contribution is -2.11. The minimum atomic E-state index is -0.327. The lowest BCUT2D eigenvalue weighted by molar-refractivity contribution is 0.174. The van der Waals surface area contributed by atoms with E-state index >= 15 is 0 Å². The number of aromatic nitrogens is 1. The molecule has 2 heterocycles. The first-order valence-electron chi connectivity index (χ1n) is 6.54. The van der Waals surface area contributed by atoms with Crippen LogP contribution in [0.3, 0.4) is 0 Å². The second-order valence-corrected chi connectivity index (χ2v) is 4.57. The summed E-state index contributed by atoms with van der Waals surface area (Å²) in [7, 11) is 0. The van der Waals surface area contributed by atoms with E-state index in [0.717, 1.165) is 29.3 Å². The number of hydrogen-bond acceptors (Lipinski definition) is 4. The molecule has 1 aromatic carbocycles. The van der Waals surface area contributed by atoms with Gasteiger partial charge in [-0.15, -0.1) is 0 Å². The van der Waals surface area contributed by atoms with E-state index in [4.69, 9.17) is 9.47 Å². The number of rotatable bonds is 4. The van der Waals surface area contributed by atoms with Crippen LogP contribution >= 0.6 is 0 Å². The number of benzene rings is 1. The second kappa shape index (κ2) is 5.36. The van der Waals surface area contributed by atoms with Crippen LogP contribution in [-0.4, -0.2) is 11.8 Å². The van der Waals surface area contributed by atoms with E-state index < -0.39 is 0 Å². The second-order valence-electron chi connectivity index (χ2n) is 4.57. The molecule has 1 unspecified atom stereocenters. The van der Waals surface area contributed by atoms with Gasteiger partial charge in [0.1, 0.15) is 5.82 Å². The molecule has 3 rings (SSSR count). The maximum absolute atomic E-state index is 12.9. The fourth-order valence-corrected chi connectivity index (χ4v) is 2.17. The number of fused-ring (bicyclic) bond motifs is 1. The van der Waals surface area contributed by atoms with E-state index in [1.807, 2.05) is 18.2 Å². The third-order valence-electron chi connectivity index (χ3n) is 3.23. The number of nitrogens with one attached hydrogen (secondary N) is 1. The number of pyridine rings is 1. The quantitative estimate of drug-likeness (QED) is 0.926. The molecule has 1 aliphatic heterocycles. The highest BCUT2D eigenvalue weighted by Gasteiger charge is 2.15. The number of ether oxygens (including phenoxy) is 2. The average molecular weight is 274 g/mol. The molecule has 104 valence electrons. The third-order valence-corrected chi connectivity index (χ3v) is 3.23. The van der Waals surface area contributed by atoms with Gasteiger partial charge in [0.15, 0.2) is 11.5 Å². The standard InChI is InChI=1S/C15H15FN2O2/c1-2-12(13-5-3-10(16)8-17-13)18-11-4-6-14-15(7-11)20-9-19-14/h3-8,12,18H,2,9H2,1H3. The van der Waals surface area contributed by atoms with Gasteiger partial charge >= 0.3 is 0 Å². The Labute approximate surface area is 116 Å². The van der Waals surface area contributed by atoms with Crippen LogP contribution in [-0.2, 0) is 0 Å². The average Bonchev–Trinajstić information content (AvgIpc) is 2.93. The van der Waals surface area contributed by atoms with Crippen molar-refractivity contribution >= 4 is 5.69 Å². The van der Waals surface area contributed by atoms with Gasteiger partial charge in [0.2, 0.25) is 6.79 Å². The first-order valence-corrected chi connectivity index (χ1v) is 6.54. The number of hydrogen-bond donors (Lipinski definition) is 1. The molecule has 0 saturated heterocycles. The van der Waals surface area contributed by atoms with Crippen LogP contribution in [0.5, 0.6) is 11.5 Å². The van der Waals surface area contributed by atoms with E-state index in [2.05, 4.69) is 17.2 Å². The van der Waals surface area contributed by atoms with Crippen molar-refractivity contribution in [3.05, 3.63) is 48.0 Å². The molecule has 2 aromatic rings. The first-order chi connectivity index (χ1) is 9.76. The molecule has 20 heavy (non-hydrogen) atoms. The summed E-state index contributed by atoms with van der Waals surface area (Å²) < 4.78 is 23.5. The molecule has 1 N–H and O–H groups in total. The Bertz CT molecular complexity index is 601. The van der Waals surface area contributed by atoms with Crippen molar-refractivity contribution in [1.82, 2.24) is 4.98 Å². The molecule has 4 nitrogen and oxygen atoms in total. The summed E-state index contributed by atoms with van der Waals surface area (Å²) in [5.41, 5.74) is 1.73.